The monoisotopic (exact) mass is 292 g/mol. The van der Waals surface area contributed by atoms with Crippen LogP contribution in [0.4, 0.5) is 4.79 Å². The van der Waals surface area contributed by atoms with Crippen LogP contribution in [0.15, 0.2) is 24.3 Å². The lowest BCUT2D eigenvalue weighted by atomic mass is 9.82. The van der Waals surface area contributed by atoms with E-state index >= 15 is 0 Å². The Morgan fingerprint density at radius 2 is 1.95 bits per heavy atom. The maximum atomic E-state index is 11.8. The third kappa shape index (κ3) is 5.76. The number of hydrogen-bond acceptors (Lipinski definition) is 2. The van der Waals surface area contributed by atoms with Crippen molar-refractivity contribution in [3.05, 3.63) is 35.4 Å². The van der Waals surface area contributed by atoms with Gasteiger partial charge in [-0.3, -0.25) is 0 Å². The van der Waals surface area contributed by atoms with Gasteiger partial charge < -0.3 is 15.7 Å². The molecule has 0 saturated carbocycles. The molecule has 0 fully saturated rings. The van der Waals surface area contributed by atoms with Gasteiger partial charge in [0.15, 0.2) is 0 Å². The van der Waals surface area contributed by atoms with Crippen molar-refractivity contribution in [1.29, 1.82) is 0 Å². The highest BCUT2D eigenvalue weighted by Crippen LogP contribution is 2.25. The summed E-state index contributed by atoms with van der Waals surface area (Å²) in [5, 5.41) is 14.6. The molecule has 0 aliphatic heterocycles. The van der Waals surface area contributed by atoms with Gasteiger partial charge in [-0.2, -0.15) is 0 Å². The zero-order valence-corrected chi connectivity index (χ0v) is 13.6. The predicted molar refractivity (Wildman–Crippen MR) is 86.5 cm³/mol. The predicted octanol–water partition coefficient (Wildman–Crippen LogP) is 2.59. The van der Waals surface area contributed by atoms with Crippen LogP contribution in [0.25, 0.3) is 0 Å². The maximum Gasteiger partial charge on any atom is 0.314 e. The summed E-state index contributed by atoms with van der Waals surface area (Å²) in [6, 6.07) is 8.10. The van der Waals surface area contributed by atoms with Crippen LogP contribution in [0.1, 0.15) is 38.3 Å². The van der Waals surface area contributed by atoms with E-state index < -0.39 is 0 Å². The van der Waals surface area contributed by atoms with Crippen molar-refractivity contribution in [3.63, 3.8) is 0 Å². The lowest BCUT2D eigenvalue weighted by Crippen LogP contribution is -2.43. The Kier molecular flexibility index (Phi) is 6.69. The molecule has 4 nitrogen and oxygen atoms in total. The second-order valence-corrected chi connectivity index (χ2v) is 6.38. The Hall–Kier alpha value is -1.55. The molecule has 1 aromatic rings. The van der Waals surface area contributed by atoms with Gasteiger partial charge in [0.05, 0.1) is 0 Å². The molecule has 0 radical (unpaired) electrons. The van der Waals surface area contributed by atoms with Crippen LogP contribution in [0, 0.1) is 12.8 Å². The molecule has 0 saturated heterocycles. The number of carbonyl (C=O) groups excluding carboxylic acids is 1. The molecule has 0 bridgehead atoms. The van der Waals surface area contributed by atoms with Gasteiger partial charge in [0.1, 0.15) is 0 Å². The van der Waals surface area contributed by atoms with E-state index in [4.69, 9.17) is 5.11 Å². The van der Waals surface area contributed by atoms with Gasteiger partial charge >= 0.3 is 6.03 Å². The Labute approximate surface area is 128 Å². The maximum absolute atomic E-state index is 11.8. The van der Waals surface area contributed by atoms with Gasteiger partial charge in [0.2, 0.25) is 0 Å². The van der Waals surface area contributed by atoms with Crippen LogP contribution in [0.5, 0.6) is 0 Å². The van der Waals surface area contributed by atoms with E-state index in [0.29, 0.717) is 19.5 Å². The average molecular weight is 292 g/mol. The number of benzene rings is 1. The van der Waals surface area contributed by atoms with Crippen LogP contribution in [0.3, 0.4) is 0 Å². The number of urea groups is 1. The van der Waals surface area contributed by atoms with E-state index in [2.05, 4.69) is 43.5 Å². The number of aliphatic hydroxyl groups excluding tert-OH is 1. The molecule has 0 aliphatic carbocycles. The summed E-state index contributed by atoms with van der Waals surface area (Å²) in [5.41, 5.74) is 2.37. The Morgan fingerprint density at radius 1 is 1.29 bits per heavy atom. The van der Waals surface area contributed by atoms with E-state index in [-0.39, 0.29) is 24.0 Å². The topological polar surface area (TPSA) is 61.4 Å². The van der Waals surface area contributed by atoms with Crippen molar-refractivity contribution in [1.82, 2.24) is 10.6 Å². The lowest BCUT2D eigenvalue weighted by Gasteiger charge is -2.27. The third-order valence-electron chi connectivity index (χ3n) is 3.80. The summed E-state index contributed by atoms with van der Waals surface area (Å²) in [5.74, 6) is 0.283. The fraction of sp³-hybridized carbons (Fsp3) is 0.588. The van der Waals surface area contributed by atoms with Crippen LogP contribution < -0.4 is 10.6 Å². The molecule has 0 aromatic heterocycles. The minimum atomic E-state index is -0.151. The van der Waals surface area contributed by atoms with Crippen LogP contribution in [-0.2, 0) is 5.41 Å². The third-order valence-corrected chi connectivity index (χ3v) is 3.80. The first-order valence-electron chi connectivity index (χ1n) is 7.55. The summed E-state index contributed by atoms with van der Waals surface area (Å²) in [6.07, 6.45) is 0.703. The average Bonchev–Trinajstić information content (AvgIpc) is 2.43. The first-order valence-corrected chi connectivity index (χ1v) is 7.55. The second kappa shape index (κ2) is 8.03. The van der Waals surface area contributed by atoms with E-state index in [1.54, 1.807) is 0 Å². The number of amides is 2. The summed E-state index contributed by atoms with van der Waals surface area (Å²) in [4.78, 5) is 11.8. The van der Waals surface area contributed by atoms with E-state index in [9.17, 15) is 4.79 Å². The molecule has 0 aliphatic rings. The minimum absolute atomic E-state index is 0.112. The fourth-order valence-corrected chi connectivity index (χ4v) is 2.38. The number of rotatable bonds is 7. The van der Waals surface area contributed by atoms with Gasteiger partial charge in [-0.15, -0.1) is 0 Å². The SMILES string of the molecule is Cc1ccccc1C(C)(C)CNC(=O)NCC(C)CCO. The molecule has 21 heavy (non-hydrogen) atoms. The van der Waals surface area contributed by atoms with Gasteiger partial charge in [-0.1, -0.05) is 45.0 Å². The van der Waals surface area contributed by atoms with Crippen LogP contribution >= 0.6 is 0 Å². The number of nitrogens with one attached hydrogen (secondary N) is 2. The Balaban J connectivity index is 2.46. The largest absolute Gasteiger partial charge is 0.396 e. The minimum Gasteiger partial charge on any atom is -0.396 e. The quantitative estimate of drug-likeness (QED) is 0.723. The normalized spacial score (nSPS) is 12.8. The second-order valence-electron chi connectivity index (χ2n) is 6.38. The zero-order chi connectivity index (χ0) is 15.9. The van der Waals surface area contributed by atoms with Gasteiger partial charge in [-0.05, 0) is 30.4 Å². The molecule has 1 rings (SSSR count). The molecule has 0 heterocycles. The van der Waals surface area contributed by atoms with E-state index in [1.807, 2.05) is 19.1 Å². The number of aliphatic hydroxyl groups is 1. The Bertz CT molecular complexity index is 458. The molecule has 1 unspecified atom stereocenters. The standard InChI is InChI=1S/C17H28N2O2/c1-13(9-10-20)11-18-16(21)19-12-17(3,4)15-8-6-5-7-14(15)2/h5-8,13,20H,9-12H2,1-4H3,(H2,18,19,21). The van der Waals surface area contributed by atoms with Crippen LogP contribution in [-0.4, -0.2) is 30.8 Å². The molecule has 0 spiro atoms. The first kappa shape index (κ1) is 17.5. The molecule has 1 atom stereocenters. The Morgan fingerprint density at radius 3 is 2.57 bits per heavy atom. The number of aryl methyl sites for hydroxylation is 1. The molecule has 3 N–H and O–H groups in total. The van der Waals surface area contributed by atoms with Crippen molar-refractivity contribution >= 4 is 6.03 Å². The van der Waals surface area contributed by atoms with Gasteiger partial charge in [-0.25, -0.2) is 4.79 Å². The summed E-state index contributed by atoms with van der Waals surface area (Å²) in [7, 11) is 0. The van der Waals surface area contributed by atoms with Crippen LogP contribution in [0.2, 0.25) is 0 Å². The van der Waals surface area contributed by atoms with Crippen molar-refractivity contribution in [3.8, 4) is 0 Å². The van der Waals surface area contributed by atoms with Crippen molar-refractivity contribution in [2.75, 3.05) is 19.7 Å². The van der Waals surface area contributed by atoms with Gasteiger partial charge in [0.25, 0.3) is 0 Å². The summed E-state index contributed by atoms with van der Waals surface area (Å²) < 4.78 is 0. The highest BCUT2D eigenvalue weighted by Gasteiger charge is 2.22. The highest BCUT2D eigenvalue weighted by atomic mass is 16.3. The number of hydrogen-bond donors (Lipinski definition) is 3. The summed E-state index contributed by atoms with van der Waals surface area (Å²) >= 11 is 0. The zero-order valence-electron chi connectivity index (χ0n) is 13.6. The van der Waals surface area contributed by atoms with E-state index in [1.165, 1.54) is 11.1 Å². The van der Waals surface area contributed by atoms with Gasteiger partial charge in [0, 0.05) is 25.1 Å². The lowest BCUT2D eigenvalue weighted by molar-refractivity contribution is 0.232. The molecule has 1 aromatic carbocycles. The fourth-order valence-electron chi connectivity index (χ4n) is 2.38. The highest BCUT2D eigenvalue weighted by molar-refractivity contribution is 5.73. The first-order chi connectivity index (χ1) is 9.86. The molecular weight excluding hydrogens is 264 g/mol. The molecular formula is C17H28N2O2. The van der Waals surface area contributed by atoms with E-state index in [0.717, 1.165) is 0 Å². The van der Waals surface area contributed by atoms with Crippen molar-refractivity contribution in [2.24, 2.45) is 5.92 Å². The molecule has 118 valence electrons. The number of carbonyl (C=O) groups is 1. The van der Waals surface area contributed by atoms with Crippen molar-refractivity contribution < 1.29 is 9.90 Å². The van der Waals surface area contributed by atoms with Crippen molar-refractivity contribution in [2.45, 2.75) is 39.5 Å². The smallest absolute Gasteiger partial charge is 0.314 e. The molecule has 4 heteroatoms. The molecule has 2 amide bonds. The summed E-state index contributed by atoms with van der Waals surface area (Å²) in [6.45, 7) is 9.68.